The van der Waals surface area contributed by atoms with Gasteiger partial charge in [-0.2, -0.15) is 0 Å². The van der Waals surface area contributed by atoms with Crippen LogP contribution in [0.4, 0.5) is 11.4 Å². The highest BCUT2D eigenvalue weighted by atomic mass is 32.2. The minimum atomic E-state index is -0.672. The summed E-state index contributed by atoms with van der Waals surface area (Å²) in [5.41, 5.74) is 6.94. The second kappa shape index (κ2) is 8.40. The van der Waals surface area contributed by atoms with Gasteiger partial charge in [-0.25, -0.2) is 0 Å². The van der Waals surface area contributed by atoms with E-state index in [0.29, 0.717) is 22.8 Å². The first-order chi connectivity index (χ1) is 15.3. The topological polar surface area (TPSA) is 120 Å². The number of furan rings is 1. The number of benzene rings is 2. The fourth-order valence-corrected chi connectivity index (χ4v) is 4.52. The maximum atomic E-state index is 13.0. The Morgan fingerprint density at radius 1 is 1.22 bits per heavy atom. The van der Waals surface area contributed by atoms with Gasteiger partial charge in [-0.1, -0.05) is 42.2 Å². The number of hydrogen-bond acceptors (Lipinski definition) is 7. The van der Waals surface area contributed by atoms with Crippen LogP contribution in [-0.2, 0) is 4.79 Å². The number of nitrogens with zero attached hydrogens (tertiary/aromatic N) is 2. The molecule has 8 nitrogen and oxygen atoms in total. The normalized spacial score (nSPS) is 14.9. The number of amides is 2. The standard InChI is InChI=1S/C22H15N3O5S2/c1-12-6-8-14(17(10-12)25(28)29)18-9-7-13(30-18)11-19-21(27)24(22(31)32-19)16-5-3-2-4-15(16)20(23)26/h2-11H,1H3,(H2,23,26)/b19-11+. The van der Waals surface area contributed by atoms with Gasteiger partial charge in [0.2, 0.25) is 0 Å². The average Bonchev–Trinajstić information content (AvgIpc) is 3.32. The zero-order valence-corrected chi connectivity index (χ0v) is 18.2. The van der Waals surface area contributed by atoms with Crippen LogP contribution in [0.5, 0.6) is 0 Å². The van der Waals surface area contributed by atoms with Crippen molar-refractivity contribution in [3.8, 4) is 11.3 Å². The maximum Gasteiger partial charge on any atom is 0.280 e. The van der Waals surface area contributed by atoms with E-state index in [1.807, 2.05) is 0 Å². The van der Waals surface area contributed by atoms with Crippen LogP contribution in [0.25, 0.3) is 17.4 Å². The number of para-hydroxylation sites is 1. The molecule has 160 valence electrons. The smallest absolute Gasteiger partial charge is 0.280 e. The lowest BCUT2D eigenvalue weighted by Gasteiger charge is -2.17. The van der Waals surface area contributed by atoms with Crippen molar-refractivity contribution in [1.82, 2.24) is 0 Å². The predicted molar refractivity (Wildman–Crippen MR) is 126 cm³/mol. The van der Waals surface area contributed by atoms with Crippen LogP contribution >= 0.6 is 24.0 Å². The third-order valence-electron chi connectivity index (χ3n) is 4.72. The SMILES string of the molecule is Cc1ccc(-c2ccc(/C=C3/SC(=S)N(c4ccccc4C(N)=O)C3=O)o2)c([N+](=O)[O-])c1. The van der Waals surface area contributed by atoms with E-state index >= 15 is 0 Å². The van der Waals surface area contributed by atoms with E-state index in [9.17, 15) is 19.7 Å². The lowest BCUT2D eigenvalue weighted by molar-refractivity contribution is -0.384. The summed E-state index contributed by atoms with van der Waals surface area (Å²) >= 11 is 6.40. The molecule has 3 aromatic rings. The summed E-state index contributed by atoms with van der Waals surface area (Å²) in [6, 6.07) is 14.5. The van der Waals surface area contributed by atoms with Crippen molar-refractivity contribution in [2.24, 2.45) is 5.73 Å². The van der Waals surface area contributed by atoms with Gasteiger partial charge >= 0.3 is 0 Å². The summed E-state index contributed by atoms with van der Waals surface area (Å²) < 4.78 is 6.01. The highest BCUT2D eigenvalue weighted by molar-refractivity contribution is 8.27. The highest BCUT2D eigenvalue weighted by Gasteiger charge is 2.35. The molecule has 1 fully saturated rings. The molecule has 0 saturated carbocycles. The number of rotatable bonds is 5. The van der Waals surface area contributed by atoms with Gasteiger partial charge in [0.1, 0.15) is 11.5 Å². The minimum Gasteiger partial charge on any atom is -0.456 e. The number of aryl methyl sites for hydroxylation is 1. The number of nitrogens with two attached hydrogens (primary N) is 1. The Morgan fingerprint density at radius 2 is 1.97 bits per heavy atom. The van der Waals surface area contributed by atoms with Crippen molar-refractivity contribution in [2.45, 2.75) is 6.92 Å². The Kier molecular flexibility index (Phi) is 5.64. The Balaban J connectivity index is 1.67. The van der Waals surface area contributed by atoms with E-state index < -0.39 is 16.7 Å². The molecule has 2 heterocycles. The molecule has 2 N–H and O–H groups in total. The molecule has 1 saturated heterocycles. The van der Waals surface area contributed by atoms with Crippen LogP contribution in [-0.4, -0.2) is 21.1 Å². The Hall–Kier alpha value is -3.76. The second-order valence-corrected chi connectivity index (χ2v) is 8.55. The number of thioether (sulfide) groups is 1. The van der Waals surface area contributed by atoms with Crippen LogP contribution in [0.2, 0.25) is 0 Å². The van der Waals surface area contributed by atoms with E-state index in [-0.39, 0.29) is 20.5 Å². The van der Waals surface area contributed by atoms with Gasteiger partial charge in [-0.05, 0) is 42.8 Å². The zero-order valence-electron chi connectivity index (χ0n) is 16.6. The first kappa shape index (κ1) is 21.5. The molecular weight excluding hydrogens is 450 g/mol. The molecule has 0 bridgehead atoms. The summed E-state index contributed by atoms with van der Waals surface area (Å²) in [6.07, 6.45) is 1.51. The molecule has 0 aliphatic carbocycles. The number of nitro benzene ring substituents is 1. The third-order valence-corrected chi connectivity index (χ3v) is 6.02. The van der Waals surface area contributed by atoms with Crippen molar-refractivity contribution < 1.29 is 18.9 Å². The van der Waals surface area contributed by atoms with E-state index in [2.05, 4.69) is 0 Å². The highest BCUT2D eigenvalue weighted by Crippen LogP contribution is 2.38. The molecule has 0 unspecified atom stereocenters. The number of carbonyl (C=O) groups is 2. The molecular formula is C22H15N3O5S2. The van der Waals surface area contributed by atoms with Crippen LogP contribution in [0.1, 0.15) is 21.7 Å². The maximum absolute atomic E-state index is 13.0. The monoisotopic (exact) mass is 465 g/mol. The van der Waals surface area contributed by atoms with Crippen molar-refractivity contribution in [2.75, 3.05) is 4.90 Å². The van der Waals surface area contributed by atoms with Crippen LogP contribution in [0, 0.1) is 17.0 Å². The van der Waals surface area contributed by atoms with Gasteiger partial charge < -0.3 is 10.2 Å². The summed E-state index contributed by atoms with van der Waals surface area (Å²) in [5, 5.41) is 11.4. The first-order valence-corrected chi connectivity index (χ1v) is 10.5. The number of nitro groups is 1. The number of thiocarbonyl (C=S) groups is 1. The van der Waals surface area contributed by atoms with E-state index in [4.69, 9.17) is 22.4 Å². The zero-order chi connectivity index (χ0) is 23.0. The van der Waals surface area contributed by atoms with Gasteiger partial charge in [0.15, 0.2) is 4.32 Å². The molecule has 2 amide bonds. The van der Waals surface area contributed by atoms with Gasteiger partial charge in [-0.3, -0.25) is 24.6 Å². The Labute approximate surface area is 191 Å². The van der Waals surface area contributed by atoms with E-state index in [1.165, 1.54) is 23.1 Å². The lowest BCUT2D eigenvalue weighted by Crippen LogP contribution is -2.30. The van der Waals surface area contributed by atoms with Crippen molar-refractivity contribution in [3.05, 3.63) is 86.5 Å². The fourth-order valence-electron chi connectivity index (χ4n) is 3.26. The summed E-state index contributed by atoms with van der Waals surface area (Å²) in [6.45, 7) is 1.77. The second-order valence-electron chi connectivity index (χ2n) is 6.88. The first-order valence-electron chi connectivity index (χ1n) is 9.28. The molecule has 2 aromatic carbocycles. The number of carbonyl (C=O) groups excluding carboxylic acids is 2. The summed E-state index contributed by atoms with van der Waals surface area (Å²) in [5.74, 6) is -0.460. The summed E-state index contributed by atoms with van der Waals surface area (Å²) in [4.78, 5) is 37.3. The van der Waals surface area contributed by atoms with Gasteiger partial charge in [0.25, 0.3) is 17.5 Å². The van der Waals surface area contributed by atoms with Crippen LogP contribution in [0.15, 0.2) is 63.9 Å². The molecule has 0 atom stereocenters. The number of primary amides is 1. The molecule has 1 aliphatic rings. The van der Waals surface area contributed by atoms with E-state index in [1.54, 1.807) is 49.4 Å². The van der Waals surface area contributed by atoms with Gasteiger partial charge in [0.05, 0.1) is 26.6 Å². The lowest BCUT2D eigenvalue weighted by atomic mass is 10.1. The third kappa shape index (κ3) is 3.93. The average molecular weight is 466 g/mol. The van der Waals surface area contributed by atoms with E-state index in [0.717, 1.165) is 17.3 Å². The Bertz CT molecular complexity index is 1330. The number of hydrogen-bond donors (Lipinski definition) is 1. The predicted octanol–water partition coefficient (Wildman–Crippen LogP) is 4.67. The molecule has 4 rings (SSSR count). The number of anilines is 1. The largest absolute Gasteiger partial charge is 0.456 e. The Morgan fingerprint density at radius 3 is 2.69 bits per heavy atom. The molecule has 1 aliphatic heterocycles. The van der Waals surface area contributed by atoms with Crippen LogP contribution in [0.3, 0.4) is 0 Å². The summed E-state index contributed by atoms with van der Waals surface area (Å²) in [7, 11) is 0. The molecule has 32 heavy (non-hydrogen) atoms. The fraction of sp³-hybridized carbons (Fsp3) is 0.0455. The minimum absolute atomic E-state index is 0.0692. The molecule has 0 spiro atoms. The van der Waals surface area contributed by atoms with Crippen molar-refractivity contribution >= 4 is 57.6 Å². The van der Waals surface area contributed by atoms with Crippen LogP contribution < -0.4 is 10.6 Å². The van der Waals surface area contributed by atoms with Crippen molar-refractivity contribution in [1.29, 1.82) is 0 Å². The molecule has 0 radical (unpaired) electrons. The quantitative estimate of drug-likeness (QED) is 0.252. The van der Waals surface area contributed by atoms with Gasteiger partial charge in [-0.15, -0.1) is 0 Å². The molecule has 1 aromatic heterocycles. The molecule has 10 heteroatoms. The van der Waals surface area contributed by atoms with Gasteiger partial charge in [0, 0.05) is 12.1 Å². The van der Waals surface area contributed by atoms with Crippen molar-refractivity contribution in [3.63, 3.8) is 0 Å².